The molecular formula is C15H12N4. The van der Waals surface area contributed by atoms with Crippen LogP contribution in [-0.4, -0.2) is 14.6 Å². The highest BCUT2D eigenvalue weighted by molar-refractivity contribution is 5.61. The third-order valence-electron chi connectivity index (χ3n) is 3.01. The second-order valence-corrected chi connectivity index (χ2v) is 4.66. The molecule has 1 aromatic carbocycles. The summed E-state index contributed by atoms with van der Waals surface area (Å²) in [6.45, 7) is 4.11. The van der Waals surface area contributed by atoms with Gasteiger partial charge in [0.1, 0.15) is 6.07 Å². The summed E-state index contributed by atoms with van der Waals surface area (Å²) in [5.74, 6) is 0.763. The highest BCUT2D eigenvalue weighted by Gasteiger charge is 2.09. The maximum atomic E-state index is 8.98. The van der Waals surface area contributed by atoms with E-state index >= 15 is 0 Å². The summed E-state index contributed by atoms with van der Waals surface area (Å²) in [4.78, 5) is 0. The molecule has 4 nitrogen and oxygen atoms in total. The second-order valence-electron chi connectivity index (χ2n) is 4.66. The molecule has 0 saturated carbocycles. The third kappa shape index (κ3) is 1.95. The highest BCUT2D eigenvalue weighted by Crippen LogP contribution is 2.21. The number of rotatable bonds is 1. The molecule has 19 heavy (non-hydrogen) atoms. The van der Waals surface area contributed by atoms with Crippen LogP contribution in [-0.2, 0) is 0 Å². The fourth-order valence-corrected chi connectivity index (χ4v) is 2.26. The molecule has 0 amide bonds. The first-order valence-corrected chi connectivity index (χ1v) is 6.01. The number of fused-ring (bicyclic) bond motifs is 1. The van der Waals surface area contributed by atoms with Crippen LogP contribution in [0.15, 0.2) is 36.5 Å². The van der Waals surface area contributed by atoms with Gasteiger partial charge in [-0.1, -0.05) is 17.2 Å². The van der Waals surface area contributed by atoms with Gasteiger partial charge < -0.3 is 0 Å². The summed E-state index contributed by atoms with van der Waals surface area (Å²) < 4.78 is 1.85. The van der Waals surface area contributed by atoms with Crippen molar-refractivity contribution in [1.82, 2.24) is 14.6 Å². The first kappa shape index (κ1) is 11.4. The Kier molecular flexibility index (Phi) is 2.53. The van der Waals surface area contributed by atoms with Gasteiger partial charge in [0.05, 0.1) is 5.56 Å². The summed E-state index contributed by atoms with van der Waals surface area (Å²) in [5, 5.41) is 17.3. The molecule has 4 heteroatoms. The molecule has 2 aromatic heterocycles. The zero-order chi connectivity index (χ0) is 13.4. The maximum Gasteiger partial charge on any atom is 0.168 e. The lowest BCUT2D eigenvalue weighted by atomic mass is 10.1. The Bertz CT molecular complexity index is 788. The molecule has 3 rings (SSSR count). The van der Waals surface area contributed by atoms with Crippen LogP contribution < -0.4 is 0 Å². The van der Waals surface area contributed by atoms with E-state index in [1.54, 1.807) is 18.3 Å². The minimum absolute atomic E-state index is 0.595. The summed E-state index contributed by atoms with van der Waals surface area (Å²) in [6.07, 6.45) is 1.77. The fourth-order valence-electron chi connectivity index (χ4n) is 2.26. The number of benzene rings is 1. The van der Waals surface area contributed by atoms with Crippen molar-refractivity contribution in [3.63, 3.8) is 0 Å². The maximum absolute atomic E-state index is 8.98. The van der Waals surface area contributed by atoms with E-state index in [4.69, 9.17) is 5.26 Å². The lowest BCUT2D eigenvalue weighted by Gasteiger charge is -2.03. The van der Waals surface area contributed by atoms with Gasteiger partial charge >= 0.3 is 0 Å². The Balaban J connectivity index is 2.27. The zero-order valence-corrected chi connectivity index (χ0v) is 10.8. The monoisotopic (exact) mass is 248 g/mol. The Labute approximate surface area is 111 Å². The van der Waals surface area contributed by atoms with Gasteiger partial charge in [0.2, 0.25) is 0 Å². The summed E-state index contributed by atoms with van der Waals surface area (Å²) in [7, 11) is 0. The number of aromatic nitrogens is 3. The number of nitrogens with zero attached hydrogens (tertiary/aromatic N) is 4. The molecule has 0 fully saturated rings. The van der Waals surface area contributed by atoms with Crippen LogP contribution >= 0.6 is 0 Å². The van der Waals surface area contributed by atoms with Crippen LogP contribution in [0.25, 0.3) is 17.0 Å². The van der Waals surface area contributed by atoms with Crippen LogP contribution in [0.1, 0.15) is 16.7 Å². The van der Waals surface area contributed by atoms with Gasteiger partial charge in [0.15, 0.2) is 11.5 Å². The van der Waals surface area contributed by atoms with E-state index in [2.05, 4.69) is 48.3 Å². The second kappa shape index (κ2) is 4.21. The molecule has 0 spiro atoms. The molecule has 0 aliphatic heterocycles. The van der Waals surface area contributed by atoms with Crippen molar-refractivity contribution in [1.29, 1.82) is 5.26 Å². The largest absolute Gasteiger partial charge is 0.281 e. The zero-order valence-electron chi connectivity index (χ0n) is 10.8. The normalized spacial score (nSPS) is 10.6. The van der Waals surface area contributed by atoms with Gasteiger partial charge in [0.25, 0.3) is 0 Å². The minimum atomic E-state index is 0.595. The summed E-state index contributed by atoms with van der Waals surface area (Å²) in [6, 6.07) is 11.9. The molecule has 0 bridgehead atoms. The van der Waals surface area contributed by atoms with Crippen LogP contribution in [0.5, 0.6) is 0 Å². The molecule has 0 aliphatic rings. The van der Waals surface area contributed by atoms with Crippen LogP contribution in [0.4, 0.5) is 0 Å². The van der Waals surface area contributed by atoms with E-state index in [-0.39, 0.29) is 0 Å². The van der Waals surface area contributed by atoms with Gasteiger partial charge in [-0.3, -0.25) is 4.40 Å². The van der Waals surface area contributed by atoms with Gasteiger partial charge in [-0.25, -0.2) is 0 Å². The third-order valence-corrected chi connectivity index (χ3v) is 3.01. The average molecular weight is 248 g/mol. The topological polar surface area (TPSA) is 54.0 Å². The molecule has 0 radical (unpaired) electrons. The van der Waals surface area contributed by atoms with Crippen molar-refractivity contribution in [2.45, 2.75) is 13.8 Å². The average Bonchev–Trinajstić information content (AvgIpc) is 2.80. The molecular weight excluding hydrogens is 236 g/mol. The van der Waals surface area contributed by atoms with Crippen molar-refractivity contribution < 1.29 is 0 Å². The smallest absolute Gasteiger partial charge is 0.168 e. The van der Waals surface area contributed by atoms with E-state index in [9.17, 15) is 0 Å². The van der Waals surface area contributed by atoms with Crippen LogP contribution in [0.3, 0.4) is 0 Å². The fraction of sp³-hybridized carbons (Fsp3) is 0.133. The Morgan fingerprint density at radius 1 is 1.05 bits per heavy atom. The van der Waals surface area contributed by atoms with Crippen molar-refractivity contribution in [2.24, 2.45) is 0 Å². The van der Waals surface area contributed by atoms with Gasteiger partial charge in [-0.05, 0) is 38.1 Å². The lowest BCUT2D eigenvalue weighted by molar-refractivity contribution is 1.11. The van der Waals surface area contributed by atoms with E-state index < -0.39 is 0 Å². The number of hydrogen-bond acceptors (Lipinski definition) is 3. The van der Waals surface area contributed by atoms with Gasteiger partial charge in [-0.2, -0.15) is 5.26 Å². The number of pyridine rings is 1. The minimum Gasteiger partial charge on any atom is -0.281 e. The van der Waals surface area contributed by atoms with Crippen molar-refractivity contribution >= 4 is 5.65 Å². The molecule has 92 valence electrons. The van der Waals surface area contributed by atoms with Gasteiger partial charge in [0, 0.05) is 11.8 Å². The molecule has 0 N–H and O–H groups in total. The summed E-state index contributed by atoms with van der Waals surface area (Å²) in [5.41, 5.74) is 4.72. The van der Waals surface area contributed by atoms with Crippen LogP contribution in [0.2, 0.25) is 0 Å². The van der Waals surface area contributed by atoms with E-state index in [1.807, 2.05) is 4.40 Å². The first-order valence-electron chi connectivity index (χ1n) is 6.01. The molecule has 3 aromatic rings. The Morgan fingerprint density at radius 2 is 1.79 bits per heavy atom. The van der Waals surface area contributed by atoms with Crippen molar-refractivity contribution in [3.8, 4) is 17.5 Å². The number of nitriles is 1. The van der Waals surface area contributed by atoms with E-state index in [0.717, 1.165) is 17.0 Å². The van der Waals surface area contributed by atoms with Crippen molar-refractivity contribution in [2.75, 3.05) is 0 Å². The van der Waals surface area contributed by atoms with Crippen molar-refractivity contribution in [3.05, 3.63) is 53.2 Å². The standard InChI is InChI=1S/C15H12N4/c1-10-5-11(2)7-13(6-10)15-18-17-14-4-3-12(8-16)9-19(14)15/h3-7,9H,1-2H3. The number of hydrogen-bond donors (Lipinski definition) is 0. The lowest BCUT2D eigenvalue weighted by Crippen LogP contribution is -1.92. The predicted molar refractivity (Wildman–Crippen MR) is 72.6 cm³/mol. The molecule has 2 heterocycles. The van der Waals surface area contributed by atoms with E-state index in [0.29, 0.717) is 5.56 Å². The molecule has 0 unspecified atom stereocenters. The predicted octanol–water partition coefficient (Wildman–Crippen LogP) is 2.88. The quantitative estimate of drug-likeness (QED) is 0.665. The highest BCUT2D eigenvalue weighted by atomic mass is 15.2. The Hall–Kier alpha value is -2.67. The molecule has 0 saturated heterocycles. The molecule has 0 aliphatic carbocycles. The Morgan fingerprint density at radius 3 is 2.47 bits per heavy atom. The van der Waals surface area contributed by atoms with Gasteiger partial charge in [-0.15, -0.1) is 10.2 Å². The van der Waals surface area contributed by atoms with E-state index in [1.165, 1.54) is 11.1 Å². The SMILES string of the molecule is Cc1cc(C)cc(-c2nnc3ccc(C#N)cn23)c1. The number of aryl methyl sites for hydroxylation is 2. The first-order chi connectivity index (χ1) is 9.17. The molecule has 0 atom stereocenters. The summed E-state index contributed by atoms with van der Waals surface area (Å²) >= 11 is 0. The van der Waals surface area contributed by atoms with Crippen LogP contribution in [0, 0.1) is 25.2 Å².